The van der Waals surface area contributed by atoms with E-state index in [-0.39, 0.29) is 6.42 Å². The number of nitrogens with two attached hydrogens (primary N) is 1. The van der Waals surface area contributed by atoms with Gasteiger partial charge in [0, 0.05) is 12.4 Å². The van der Waals surface area contributed by atoms with E-state index in [4.69, 9.17) is 5.73 Å². The van der Waals surface area contributed by atoms with Crippen molar-refractivity contribution >= 4 is 12.0 Å². The molecular weight excluding hydrogens is 196 g/mol. The molecule has 1 aromatic rings. The topological polar surface area (TPSA) is 95.2 Å². The molecule has 0 aromatic heterocycles. The summed E-state index contributed by atoms with van der Waals surface area (Å²) < 4.78 is 0. The largest absolute Gasteiger partial charge is 0.550 e. The minimum Gasteiger partial charge on any atom is -0.550 e. The Morgan fingerprint density at radius 2 is 1.93 bits per heavy atom. The van der Waals surface area contributed by atoms with Gasteiger partial charge in [-0.2, -0.15) is 0 Å². The zero-order valence-corrected chi connectivity index (χ0v) is 7.97. The molecule has 0 radical (unpaired) electrons. The average Bonchev–Trinajstić information content (AvgIpc) is 2.17. The molecule has 0 aliphatic heterocycles. The Morgan fingerprint density at radius 3 is 2.40 bits per heavy atom. The van der Waals surface area contributed by atoms with E-state index in [1.165, 1.54) is 0 Å². The molecule has 5 heteroatoms. The second kappa shape index (κ2) is 4.99. The van der Waals surface area contributed by atoms with E-state index in [2.05, 4.69) is 5.32 Å². The highest BCUT2D eigenvalue weighted by atomic mass is 16.4. The number of nitrogens with one attached hydrogen (secondary N) is 1. The highest BCUT2D eigenvalue weighted by Crippen LogP contribution is 2.15. The van der Waals surface area contributed by atoms with Gasteiger partial charge in [-0.05, 0) is 5.56 Å². The van der Waals surface area contributed by atoms with E-state index in [1.54, 1.807) is 30.3 Å². The van der Waals surface area contributed by atoms with Gasteiger partial charge >= 0.3 is 6.03 Å². The number of urea groups is 1. The van der Waals surface area contributed by atoms with Crippen molar-refractivity contribution in [1.82, 2.24) is 5.32 Å². The number of carbonyl (C=O) groups is 2. The van der Waals surface area contributed by atoms with Crippen LogP contribution in [0.2, 0.25) is 0 Å². The molecule has 0 aliphatic carbocycles. The fourth-order valence-corrected chi connectivity index (χ4v) is 1.28. The lowest BCUT2D eigenvalue weighted by atomic mass is 10.0. The summed E-state index contributed by atoms with van der Waals surface area (Å²) in [6, 6.07) is 7.32. The van der Waals surface area contributed by atoms with Gasteiger partial charge in [0.05, 0.1) is 6.04 Å². The number of carboxylic acid groups (broad SMARTS) is 1. The molecule has 15 heavy (non-hydrogen) atoms. The lowest BCUT2D eigenvalue weighted by molar-refractivity contribution is -0.306. The van der Waals surface area contributed by atoms with Crippen molar-refractivity contribution in [3.8, 4) is 0 Å². The molecule has 0 unspecified atom stereocenters. The first kappa shape index (κ1) is 11.0. The van der Waals surface area contributed by atoms with Crippen molar-refractivity contribution in [3.63, 3.8) is 0 Å². The first-order chi connectivity index (χ1) is 7.09. The molecule has 0 saturated carbocycles. The zero-order valence-electron chi connectivity index (χ0n) is 7.97. The van der Waals surface area contributed by atoms with Gasteiger partial charge in [-0.1, -0.05) is 30.3 Å². The van der Waals surface area contributed by atoms with Crippen molar-refractivity contribution in [2.45, 2.75) is 12.5 Å². The number of hydrogen-bond donors (Lipinski definition) is 2. The monoisotopic (exact) mass is 207 g/mol. The first-order valence-electron chi connectivity index (χ1n) is 4.40. The number of amides is 2. The van der Waals surface area contributed by atoms with Gasteiger partial charge in [0.15, 0.2) is 0 Å². The van der Waals surface area contributed by atoms with Crippen LogP contribution in [0.3, 0.4) is 0 Å². The molecule has 1 atom stereocenters. The Hall–Kier alpha value is -2.04. The van der Waals surface area contributed by atoms with Crippen LogP contribution in [0.15, 0.2) is 30.3 Å². The zero-order chi connectivity index (χ0) is 11.3. The number of carbonyl (C=O) groups excluding carboxylic acids is 2. The highest BCUT2D eigenvalue weighted by Gasteiger charge is 2.12. The highest BCUT2D eigenvalue weighted by molar-refractivity contribution is 5.74. The minimum absolute atomic E-state index is 0.299. The number of rotatable bonds is 4. The maximum Gasteiger partial charge on any atom is 0.312 e. The summed E-state index contributed by atoms with van der Waals surface area (Å²) in [5.41, 5.74) is 5.62. The normalized spacial score (nSPS) is 11.7. The van der Waals surface area contributed by atoms with Crippen LogP contribution in [0.25, 0.3) is 0 Å². The van der Waals surface area contributed by atoms with E-state index in [0.29, 0.717) is 5.56 Å². The Kier molecular flexibility index (Phi) is 3.68. The van der Waals surface area contributed by atoms with Crippen molar-refractivity contribution < 1.29 is 14.7 Å². The molecular formula is C10H11N2O3-. The molecule has 2 amide bonds. The lowest BCUT2D eigenvalue weighted by Crippen LogP contribution is -2.37. The van der Waals surface area contributed by atoms with Crippen LogP contribution in [0.4, 0.5) is 4.79 Å². The van der Waals surface area contributed by atoms with Gasteiger partial charge in [0.25, 0.3) is 0 Å². The molecule has 1 aromatic carbocycles. The summed E-state index contributed by atoms with van der Waals surface area (Å²) in [5, 5.41) is 12.8. The lowest BCUT2D eigenvalue weighted by Gasteiger charge is -2.18. The third kappa shape index (κ3) is 3.68. The van der Waals surface area contributed by atoms with Crippen molar-refractivity contribution in [3.05, 3.63) is 35.9 Å². The third-order valence-electron chi connectivity index (χ3n) is 1.89. The fourth-order valence-electron chi connectivity index (χ4n) is 1.28. The smallest absolute Gasteiger partial charge is 0.312 e. The van der Waals surface area contributed by atoms with Crippen LogP contribution in [0.5, 0.6) is 0 Å². The van der Waals surface area contributed by atoms with Gasteiger partial charge in [0.1, 0.15) is 0 Å². The third-order valence-corrected chi connectivity index (χ3v) is 1.89. The van der Waals surface area contributed by atoms with Gasteiger partial charge in [-0.3, -0.25) is 0 Å². The molecule has 0 aliphatic rings. The molecule has 0 bridgehead atoms. The molecule has 5 nitrogen and oxygen atoms in total. The van der Waals surface area contributed by atoms with Crippen LogP contribution >= 0.6 is 0 Å². The summed E-state index contributed by atoms with van der Waals surface area (Å²) in [6.45, 7) is 0. The average molecular weight is 207 g/mol. The number of aliphatic carboxylic acids is 1. The van der Waals surface area contributed by atoms with Crippen LogP contribution in [-0.2, 0) is 4.79 Å². The van der Waals surface area contributed by atoms with E-state index in [1.807, 2.05) is 0 Å². The second-order valence-corrected chi connectivity index (χ2v) is 3.05. The summed E-state index contributed by atoms with van der Waals surface area (Å²) in [7, 11) is 0. The van der Waals surface area contributed by atoms with Crippen LogP contribution in [0.1, 0.15) is 18.0 Å². The predicted molar refractivity (Wildman–Crippen MR) is 51.5 cm³/mol. The number of hydrogen-bond acceptors (Lipinski definition) is 3. The number of primary amides is 1. The molecule has 80 valence electrons. The van der Waals surface area contributed by atoms with Crippen molar-refractivity contribution in [2.75, 3.05) is 0 Å². The maximum absolute atomic E-state index is 10.7. The van der Waals surface area contributed by atoms with Gasteiger partial charge in [0.2, 0.25) is 0 Å². The van der Waals surface area contributed by atoms with Crippen molar-refractivity contribution in [2.24, 2.45) is 5.73 Å². The van der Waals surface area contributed by atoms with E-state index < -0.39 is 18.0 Å². The Bertz CT molecular complexity index is 335. The number of carboxylic acids is 1. The van der Waals surface area contributed by atoms with E-state index >= 15 is 0 Å². The van der Waals surface area contributed by atoms with E-state index in [0.717, 1.165) is 0 Å². The van der Waals surface area contributed by atoms with Crippen LogP contribution in [0, 0.1) is 0 Å². The number of benzene rings is 1. The molecule has 0 fully saturated rings. The van der Waals surface area contributed by atoms with Gasteiger partial charge in [-0.25, -0.2) is 4.79 Å². The predicted octanol–water partition coefficient (Wildman–Crippen LogP) is -0.464. The Labute approximate surface area is 86.9 Å². The summed E-state index contributed by atoms with van der Waals surface area (Å²) >= 11 is 0. The Balaban J connectivity index is 2.81. The first-order valence-corrected chi connectivity index (χ1v) is 4.40. The van der Waals surface area contributed by atoms with Crippen LogP contribution in [-0.4, -0.2) is 12.0 Å². The fraction of sp³-hybridized carbons (Fsp3) is 0.200. The molecule has 0 heterocycles. The second-order valence-electron chi connectivity index (χ2n) is 3.05. The van der Waals surface area contributed by atoms with Gasteiger partial charge < -0.3 is 21.0 Å². The summed E-state index contributed by atoms with van der Waals surface area (Å²) in [6.07, 6.45) is -0.299. The standard InChI is InChI=1S/C10H12N2O3/c11-10(15)12-8(6-9(13)14)7-4-2-1-3-5-7/h1-5,8H,6H2,(H,13,14)(H3,11,12,15)/p-1/t8-/m1/s1. The maximum atomic E-state index is 10.7. The minimum atomic E-state index is -1.24. The molecule has 0 saturated heterocycles. The molecule has 3 N–H and O–H groups in total. The molecule has 1 rings (SSSR count). The SMILES string of the molecule is NC(=O)N[C@H](CC(=O)[O-])c1ccccc1. The Morgan fingerprint density at radius 1 is 1.33 bits per heavy atom. The quantitative estimate of drug-likeness (QED) is 0.699. The summed E-state index contributed by atoms with van der Waals surface area (Å²) in [5.74, 6) is -1.24. The van der Waals surface area contributed by atoms with E-state index in [9.17, 15) is 14.7 Å². The summed E-state index contributed by atoms with van der Waals surface area (Å²) in [4.78, 5) is 21.1. The van der Waals surface area contributed by atoms with Gasteiger partial charge in [-0.15, -0.1) is 0 Å². The van der Waals surface area contributed by atoms with Crippen LogP contribution < -0.4 is 16.2 Å². The molecule has 0 spiro atoms. The van der Waals surface area contributed by atoms with Crippen molar-refractivity contribution in [1.29, 1.82) is 0 Å².